The minimum absolute atomic E-state index is 0.756. The predicted octanol–water partition coefficient (Wildman–Crippen LogP) is 2.39. The van der Waals surface area contributed by atoms with Crippen molar-refractivity contribution in [1.29, 1.82) is 0 Å². The molecule has 0 aliphatic carbocycles. The molecule has 0 aliphatic rings. The zero-order chi connectivity index (χ0) is 6.24. The monoisotopic (exact) mass is 338 g/mol. The zero-order valence-electron chi connectivity index (χ0n) is 4.44. The van der Waals surface area contributed by atoms with E-state index in [1.807, 2.05) is 6.08 Å². The average Bonchev–Trinajstić information content (AvgIpc) is 1.81. The Morgan fingerprint density at radius 3 is 2.50 bits per heavy atom. The van der Waals surface area contributed by atoms with Crippen LogP contribution in [0.5, 0.6) is 0 Å². The molecule has 0 aromatic heterocycles. The highest BCUT2D eigenvalue weighted by Crippen LogP contribution is 1.86. The van der Waals surface area contributed by atoms with Gasteiger partial charge in [-0.1, -0.05) is 57.3 Å². The number of allylic oxidation sites excluding steroid dienone is 1. The van der Waals surface area contributed by atoms with E-state index in [-0.39, 0.29) is 0 Å². The van der Waals surface area contributed by atoms with Crippen molar-refractivity contribution in [2.75, 3.05) is 15.6 Å². The molecule has 0 aliphatic heterocycles. The van der Waals surface area contributed by atoms with E-state index in [1.165, 1.54) is 0 Å². The molecule has 0 spiro atoms. The van der Waals surface area contributed by atoms with E-state index >= 15 is 0 Å². The van der Waals surface area contributed by atoms with Gasteiger partial charge < -0.3 is 4.74 Å². The number of hydrogen-bond acceptors (Lipinski definition) is 1. The molecular weight excluding hydrogens is 330 g/mol. The highest BCUT2D eigenvalue weighted by atomic mass is 127. The topological polar surface area (TPSA) is 9.23 Å². The van der Waals surface area contributed by atoms with Gasteiger partial charge in [-0.25, -0.2) is 0 Å². The van der Waals surface area contributed by atoms with Crippen molar-refractivity contribution in [3.8, 4) is 0 Å². The molecule has 0 N–H and O–H groups in total. The number of rotatable bonds is 4. The summed E-state index contributed by atoms with van der Waals surface area (Å²) >= 11 is 4.48. The summed E-state index contributed by atoms with van der Waals surface area (Å²) in [6.45, 7) is 0.756. The zero-order valence-corrected chi connectivity index (χ0v) is 8.76. The first-order valence-electron chi connectivity index (χ1n) is 2.26. The van der Waals surface area contributed by atoms with Crippen molar-refractivity contribution in [2.45, 2.75) is 0 Å². The van der Waals surface area contributed by atoms with E-state index < -0.39 is 0 Å². The van der Waals surface area contributed by atoms with Gasteiger partial charge in [0.05, 0.1) is 11.2 Å². The van der Waals surface area contributed by atoms with Crippen LogP contribution in [0.4, 0.5) is 0 Å². The Kier molecular flexibility index (Phi) is 9.34. The van der Waals surface area contributed by atoms with Gasteiger partial charge in [-0.05, 0) is 0 Å². The molecule has 3 heteroatoms. The molecular formula is C5H8I2O. The van der Waals surface area contributed by atoms with E-state index in [1.54, 1.807) is 0 Å². The fraction of sp³-hybridized carbons (Fsp3) is 0.600. The maximum atomic E-state index is 5.03. The van der Waals surface area contributed by atoms with Gasteiger partial charge in [-0.3, -0.25) is 0 Å². The smallest absolute Gasteiger partial charge is 0.0983 e. The molecule has 0 saturated carbocycles. The lowest BCUT2D eigenvalue weighted by Gasteiger charge is -1.89. The number of ether oxygens (including phenoxy) is 1. The predicted molar refractivity (Wildman–Crippen MR) is 52.9 cm³/mol. The van der Waals surface area contributed by atoms with Gasteiger partial charge in [0.1, 0.15) is 0 Å². The maximum Gasteiger partial charge on any atom is 0.0983 e. The lowest BCUT2D eigenvalue weighted by Crippen LogP contribution is -1.84. The molecule has 0 bridgehead atoms. The summed E-state index contributed by atoms with van der Waals surface area (Å²) in [5.41, 5.74) is 0. The molecule has 0 rings (SSSR count). The molecule has 0 amide bonds. The van der Waals surface area contributed by atoms with Crippen LogP contribution in [-0.4, -0.2) is 15.6 Å². The lowest BCUT2D eigenvalue weighted by molar-refractivity contribution is 0.225. The van der Waals surface area contributed by atoms with E-state index in [4.69, 9.17) is 4.74 Å². The Labute approximate surface area is 77.1 Å². The number of halogens is 2. The normalized spacial score (nSPS) is 10.8. The Bertz CT molecular complexity index is 63.4. The lowest BCUT2D eigenvalue weighted by atomic mass is 10.6. The highest BCUT2D eigenvalue weighted by Gasteiger charge is 1.73. The molecule has 1 nitrogen and oxygen atoms in total. The van der Waals surface area contributed by atoms with Crippen molar-refractivity contribution in [3.63, 3.8) is 0 Å². The van der Waals surface area contributed by atoms with Crippen LogP contribution in [0.1, 0.15) is 0 Å². The standard InChI is InChI=1S/C5H8I2O/c6-3-1-2-4-8-5-7/h1-2H,3-5H2/b2-1-. The van der Waals surface area contributed by atoms with E-state index in [0.717, 1.165) is 15.6 Å². The Balaban J connectivity index is 2.80. The summed E-state index contributed by atoms with van der Waals surface area (Å²) in [5, 5.41) is 0. The van der Waals surface area contributed by atoms with Gasteiger partial charge >= 0.3 is 0 Å². The van der Waals surface area contributed by atoms with E-state index in [2.05, 4.69) is 51.3 Å². The van der Waals surface area contributed by atoms with Gasteiger partial charge in [-0.2, -0.15) is 0 Å². The van der Waals surface area contributed by atoms with Crippen LogP contribution in [-0.2, 0) is 4.74 Å². The Morgan fingerprint density at radius 1 is 1.25 bits per heavy atom. The summed E-state index contributed by atoms with van der Waals surface area (Å²) in [6, 6.07) is 0. The van der Waals surface area contributed by atoms with E-state index in [0.29, 0.717) is 0 Å². The molecule has 0 heterocycles. The van der Waals surface area contributed by atoms with Gasteiger partial charge in [0.25, 0.3) is 0 Å². The second-order valence-corrected chi connectivity index (χ2v) is 2.61. The van der Waals surface area contributed by atoms with Crippen molar-refractivity contribution < 1.29 is 4.74 Å². The molecule has 0 aromatic carbocycles. The van der Waals surface area contributed by atoms with Crippen molar-refractivity contribution >= 4 is 45.2 Å². The highest BCUT2D eigenvalue weighted by molar-refractivity contribution is 14.1. The van der Waals surface area contributed by atoms with Gasteiger partial charge in [0.15, 0.2) is 0 Å². The first-order valence-corrected chi connectivity index (χ1v) is 5.31. The summed E-state index contributed by atoms with van der Waals surface area (Å²) in [7, 11) is 0. The fourth-order valence-corrected chi connectivity index (χ4v) is 0.857. The molecule has 0 atom stereocenters. The first kappa shape index (κ1) is 9.16. The third kappa shape index (κ3) is 7.16. The molecule has 0 unspecified atom stereocenters. The van der Waals surface area contributed by atoms with Crippen LogP contribution in [0.25, 0.3) is 0 Å². The largest absolute Gasteiger partial charge is 0.367 e. The van der Waals surface area contributed by atoms with E-state index in [9.17, 15) is 0 Å². The number of alkyl halides is 2. The second kappa shape index (κ2) is 8.16. The van der Waals surface area contributed by atoms with Crippen LogP contribution >= 0.6 is 45.2 Å². The fourth-order valence-electron chi connectivity index (χ4n) is 0.244. The van der Waals surface area contributed by atoms with Gasteiger partial charge in [0.2, 0.25) is 0 Å². The summed E-state index contributed by atoms with van der Waals surface area (Å²) < 4.78 is 6.88. The van der Waals surface area contributed by atoms with Gasteiger partial charge in [0, 0.05) is 4.43 Å². The molecule has 0 aromatic rings. The third-order valence-corrected chi connectivity index (χ3v) is 1.50. The third-order valence-electron chi connectivity index (χ3n) is 0.547. The number of hydrogen-bond donors (Lipinski definition) is 0. The molecule has 0 fully saturated rings. The summed E-state index contributed by atoms with van der Waals surface area (Å²) in [5.74, 6) is 0. The molecule has 8 heavy (non-hydrogen) atoms. The Hall–Kier alpha value is 1.16. The molecule has 48 valence electrons. The first-order chi connectivity index (χ1) is 3.91. The molecule has 0 radical (unpaired) electrons. The van der Waals surface area contributed by atoms with Crippen molar-refractivity contribution in [3.05, 3.63) is 12.2 Å². The van der Waals surface area contributed by atoms with Crippen LogP contribution in [0.2, 0.25) is 0 Å². The summed E-state index contributed by atoms with van der Waals surface area (Å²) in [6.07, 6.45) is 4.12. The average molecular weight is 338 g/mol. The van der Waals surface area contributed by atoms with Crippen molar-refractivity contribution in [2.24, 2.45) is 0 Å². The van der Waals surface area contributed by atoms with Crippen LogP contribution in [0.3, 0.4) is 0 Å². The summed E-state index contributed by atoms with van der Waals surface area (Å²) in [4.78, 5) is 0. The quantitative estimate of drug-likeness (QED) is 0.331. The van der Waals surface area contributed by atoms with Crippen LogP contribution in [0.15, 0.2) is 12.2 Å². The Morgan fingerprint density at radius 2 is 2.00 bits per heavy atom. The van der Waals surface area contributed by atoms with Crippen LogP contribution in [0, 0.1) is 0 Å². The minimum Gasteiger partial charge on any atom is -0.367 e. The SMILES string of the molecule is IC/C=C\COCI. The second-order valence-electron chi connectivity index (χ2n) is 1.11. The minimum atomic E-state index is 0.756. The van der Waals surface area contributed by atoms with Crippen LogP contribution < -0.4 is 0 Å². The van der Waals surface area contributed by atoms with Gasteiger partial charge in [-0.15, -0.1) is 0 Å². The molecule has 0 saturated heterocycles. The van der Waals surface area contributed by atoms with Crippen molar-refractivity contribution in [1.82, 2.24) is 0 Å². The maximum absolute atomic E-state index is 5.03.